The Morgan fingerprint density at radius 3 is 2.81 bits per heavy atom. The molecule has 0 amide bonds. The van der Waals surface area contributed by atoms with Gasteiger partial charge in [0.15, 0.2) is 0 Å². The molecule has 0 unspecified atom stereocenters. The van der Waals surface area contributed by atoms with Crippen molar-refractivity contribution in [3.05, 3.63) is 34.5 Å². The van der Waals surface area contributed by atoms with Gasteiger partial charge in [0, 0.05) is 16.8 Å². The first kappa shape index (κ1) is 9.97. The van der Waals surface area contributed by atoms with Crippen molar-refractivity contribution in [2.45, 2.75) is 32.6 Å². The van der Waals surface area contributed by atoms with Crippen LogP contribution in [0.4, 0.5) is 0 Å². The molecule has 0 saturated carbocycles. The predicted octanol–water partition coefficient (Wildman–Crippen LogP) is 3.39. The van der Waals surface area contributed by atoms with Crippen LogP contribution in [0.3, 0.4) is 0 Å². The van der Waals surface area contributed by atoms with Gasteiger partial charge in [0.2, 0.25) is 0 Å². The number of nitrogens with zero attached hydrogens (tertiary/aromatic N) is 2. The van der Waals surface area contributed by atoms with Crippen LogP contribution in [-0.4, -0.2) is 9.97 Å². The first-order chi connectivity index (χ1) is 7.83. The fourth-order valence-electron chi connectivity index (χ4n) is 2.17. The maximum Gasteiger partial charge on any atom is 0.142 e. The van der Waals surface area contributed by atoms with Gasteiger partial charge in [0.05, 0.1) is 5.69 Å². The summed E-state index contributed by atoms with van der Waals surface area (Å²) in [4.78, 5) is 9.23. The van der Waals surface area contributed by atoms with Crippen LogP contribution in [0.2, 0.25) is 0 Å². The van der Waals surface area contributed by atoms with Crippen molar-refractivity contribution >= 4 is 11.3 Å². The zero-order valence-corrected chi connectivity index (χ0v) is 10.2. The fourth-order valence-corrected chi connectivity index (χ4v) is 2.94. The van der Waals surface area contributed by atoms with Crippen molar-refractivity contribution in [3.63, 3.8) is 0 Å². The van der Waals surface area contributed by atoms with Gasteiger partial charge in [-0.25, -0.2) is 4.98 Å². The van der Waals surface area contributed by atoms with Crippen molar-refractivity contribution in [3.8, 4) is 10.7 Å². The molecule has 0 aromatic carbocycles. The van der Waals surface area contributed by atoms with Gasteiger partial charge < -0.3 is 0 Å². The summed E-state index contributed by atoms with van der Waals surface area (Å²) in [6, 6.07) is 4.34. The molecule has 0 saturated heterocycles. The Morgan fingerprint density at radius 1 is 1.12 bits per heavy atom. The number of fused-ring (bicyclic) bond motifs is 1. The van der Waals surface area contributed by atoms with E-state index < -0.39 is 0 Å². The number of pyridine rings is 1. The summed E-state index contributed by atoms with van der Waals surface area (Å²) < 4.78 is 0. The maximum atomic E-state index is 4.74. The van der Waals surface area contributed by atoms with E-state index in [0.717, 1.165) is 22.8 Å². The van der Waals surface area contributed by atoms with Crippen LogP contribution in [0.25, 0.3) is 10.7 Å². The molecular formula is C13H14N2S. The lowest BCUT2D eigenvalue weighted by Gasteiger charge is -2.14. The molecule has 2 heterocycles. The Bertz CT molecular complexity index is 516. The highest BCUT2D eigenvalue weighted by Gasteiger charge is 2.12. The molecule has 0 N–H and O–H groups in total. The van der Waals surface area contributed by atoms with Gasteiger partial charge in [0.1, 0.15) is 5.01 Å². The monoisotopic (exact) mass is 230 g/mol. The highest BCUT2D eigenvalue weighted by Crippen LogP contribution is 2.26. The summed E-state index contributed by atoms with van der Waals surface area (Å²) in [6.45, 7) is 2.03. The third-order valence-corrected chi connectivity index (χ3v) is 4.00. The Kier molecular flexibility index (Phi) is 2.48. The molecule has 0 bridgehead atoms. The van der Waals surface area contributed by atoms with Crippen LogP contribution in [0.1, 0.15) is 29.8 Å². The second kappa shape index (κ2) is 3.98. The zero-order chi connectivity index (χ0) is 11.0. The van der Waals surface area contributed by atoms with Crippen LogP contribution in [0, 0.1) is 6.92 Å². The van der Waals surface area contributed by atoms with Gasteiger partial charge in [-0.15, -0.1) is 11.3 Å². The third-order valence-electron chi connectivity index (χ3n) is 3.02. The lowest BCUT2D eigenvalue weighted by molar-refractivity contribution is 0.668. The largest absolute Gasteiger partial charge is 0.250 e. The first-order valence-corrected chi connectivity index (χ1v) is 6.62. The standard InChI is InChI=1S/C13H14N2S/c1-9-8-16-13(14-9)12-7-6-10-4-2-3-5-11(10)15-12/h6-8H,2-5H2,1H3. The molecule has 3 rings (SSSR count). The molecule has 2 aromatic heterocycles. The Morgan fingerprint density at radius 2 is 2.00 bits per heavy atom. The van der Waals surface area contributed by atoms with E-state index in [4.69, 9.17) is 4.98 Å². The van der Waals surface area contributed by atoms with Gasteiger partial charge in [-0.05, 0) is 44.2 Å². The summed E-state index contributed by atoms with van der Waals surface area (Å²) >= 11 is 1.68. The summed E-state index contributed by atoms with van der Waals surface area (Å²) in [5.74, 6) is 0. The van der Waals surface area contributed by atoms with E-state index in [9.17, 15) is 0 Å². The summed E-state index contributed by atoms with van der Waals surface area (Å²) in [5, 5.41) is 3.13. The minimum atomic E-state index is 1.04. The topological polar surface area (TPSA) is 25.8 Å². The molecule has 0 fully saturated rings. The molecule has 16 heavy (non-hydrogen) atoms. The van der Waals surface area contributed by atoms with E-state index in [1.807, 2.05) is 6.92 Å². The van der Waals surface area contributed by atoms with Gasteiger partial charge >= 0.3 is 0 Å². The molecule has 2 aromatic rings. The normalized spacial score (nSPS) is 14.8. The second-order valence-electron chi connectivity index (χ2n) is 4.30. The smallest absolute Gasteiger partial charge is 0.142 e. The van der Waals surface area contributed by atoms with Crippen molar-refractivity contribution in [1.29, 1.82) is 0 Å². The van der Waals surface area contributed by atoms with Gasteiger partial charge in [-0.2, -0.15) is 0 Å². The van der Waals surface area contributed by atoms with Crippen LogP contribution < -0.4 is 0 Å². The summed E-state index contributed by atoms with van der Waals surface area (Å²) in [7, 11) is 0. The van der Waals surface area contributed by atoms with Crippen molar-refractivity contribution in [2.24, 2.45) is 0 Å². The molecule has 2 nitrogen and oxygen atoms in total. The molecule has 0 atom stereocenters. The van der Waals surface area contributed by atoms with Gasteiger partial charge in [-0.1, -0.05) is 6.07 Å². The lowest BCUT2D eigenvalue weighted by atomic mass is 9.96. The fraction of sp³-hybridized carbons (Fsp3) is 0.385. The quantitative estimate of drug-likeness (QED) is 0.750. The lowest BCUT2D eigenvalue weighted by Crippen LogP contribution is -2.05. The summed E-state index contributed by atoms with van der Waals surface area (Å²) in [6.07, 6.45) is 4.91. The molecule has 1 aliphatic rings. The van der Waals surface area contributed by atoms with E-state index in [1.165, 1.54) is 30.5 Å². The Hall–Kier alpha value is -1.22. The highest BCUT2D eigenvalue weighted by atomic mass is 32.1. The predicted molar refractivity (Wildman–Crippen MR) is 66.7 cm³/mol. The number of hydrogen-bond donors (Lipinski definition) is 0. The Balaban J connectivity index is 2.02. The summed E-state index contributed by atoms with van der Waals surface area (Å²) in [5.41, 5.74) is 4.85. The van der Waals surface area contributed by atoms with E-state index in [1.54, 1.807) is 11.3 Å². The Labute approximate surface area is 99.4 Å². The van der Waals surface area contributed by atoms with Crippen LogP contribution >= 0.6 is 11.3 Å². The minimum Gasteiger partial charge on any atom is -0.250 e. The molecule has 0 aliphatic heterocycles. The average molecular weight is 230 g/mol. The third kappa shape index (κ3) is 1.76. The average Bonchev–Trinajstić information content (AvgIpc) is 2.75. The molecular weight excluding hydrogens is 216 g/mol. The number of rotatable bonds is 1. The number of thiazole rings is 1. The minimum absolute atomic E-state index is 1.04. The van der Waals surface area contributed by atoms with Crippen LogP contribution in [-0.2, 0) is 12.8 Å². The molecule has 82 valence electrons. The van der Waals surface area contributed by atoms with Gasteiger partial charge in [-0.3, -0.25) is 4.98 Å². The molecule has 3 heteroatoms. The first-order valence-electron chi connectivity index (χ1n) is 5.74. The van der Waals surface area contributed by atoms with Gasteiger partial charge in [0.25, 0.3) is 0 Å². The van der Waals surface area contributed by atoms with Crippen molar-refractivity contribution in [2.75, 3.05) is 0 Å². The second-order valence-corrected chi connectivity index (χ2v) is 5.16. The number of aromatic nitrogens is 2. The van der Waals surface area contributed by atoms with Crippen LogP contribution in [0.5, 0.6) is 0 Å². The highest BCUT2D eigenvalue weighted by molar-refractivity contribution is 7.13. The van der Waals surface area contributed by atoms with Crippen molar-refractivity contribution in [1.82, 2.24) is 9.97 Å². The van der Waals surface area contributed by atoms with E-state index in [-0.39, 0.29) is 0 Å². The molecule has 1 aliphatic carbocycles. The van der Waals surface area contributed by atoms with Crippen molar-refractivity contribution < 1.29 is 0 Å². The zero-order valence-electron chi connectivity index (χ0n) is 9.36. The number of aryl methyl sites for hydroxylation is 3. The molecule has 0 spiro atoms. The van der Waals surface area contributed by atoms with E-state index in [2.05, 4.69) is 22.5 Å². The SMILES string of the molecule is Cc1csc(-c2ccc3c(n2)CCCC3)n1. The number of hydrogen-bond acceptors (Lipinski definition) is 3. The van der Waals surface area contributed by atoms with E-state index >= 15 is 0 Å². The van der Waals surface area contributed by atoms with E-state index in [0.29, 0.717) is 0 Å². The van der Waals surface area contributed by atoms with Crippen LogP contribution in [0.15, 0.2) is 17.5 Å². The molecule has 0 radical (unpaired) electrons. The maximum absolute atomic E-state index is 4.74.